The molecule has 2 nitrogen and oxygen atoms in total. The van der Waals surface area contributed by atoms with Crippen LogP contribution < -0.4 is 0 Å². The second-order valence-corrected chi connectivity index (χ2v) is 6.93. The number of benzene rings is 3. The highest BCUT2D eigenvalue weighted by atomic mass is 31.1. The van der Waals surface area contributed by atoms with E-state index in [0.717, 1.165) is 21.5 Å². The van der Waals surface area contributed by atoms with Gasteiger partial charge in [0.2, 0.25) is 5.12 Å². The van der Waals surface area contributed by atoms with Gasteiger partial charge in [0.15, 0.2) is 5.58 Å². The monoisotopic (exact) mass is 319 g/mol. The van der Waals surface area contributed by atoms with Gasteiger partial charge in [-0.05, 0) is 40.0 Å². The number of hydrogen-bond acceptors (Lipinski definition) is 2. The van der Waals surface area contributed by atoms with Crippen LogP contribution in [0.25, 0.3) is 21.5 Å². The number of hydrogen-bond donors (Lipinski definition) is 0. The predicted octanol–water partition coefficient (Wildman–Crippen LogP) is 6.48. The molecule has 2 atom stereocenters. The lowest BCUT2D eigenvalue weighted by Gasteiger charge is -2.12. The van der Waals surface area contributed by atoms with E-state index in [1.54, 1.807) is 0 Å². The quantitative estimate of drug-likeness (QED) is 0.396. The lowest BCUT2D eigenvalue weighted by molar-refractivity contribution is 0.563. The van der Waals surface area contributed by atoms with E-state index in [0.29, 0.717) is 5.58 Å². The van der Waals surface area contributed by atoms with Crippen molar-refractivity contribution in [1.29, 1.82) is 0 Å². The average Bonchev–Trinajstić information content (AvgIpc) is 2.61. The highest BCUT2D eigenvalue weighted by molar-refractivity contribution is 7.37. The van der Waals surface area contributed by atoms with Crippen molar-refractivity contribution >= 4 is 29.1 Å². The summed E-state index contributed by atoms with van der Waals surface area (Å²) in [6, 6.07) is 24.3. The van der Waals surface area contributed by atoms with Gasteiger partial charge >= 0.3 is 7.65 Å². The van der Waals surface area contributed by atoms with E-state index < -0.39 is 7.65 Å². The zero-order valence-electron chi connectivity index (χ0n) is 12.8. The summed E-state index contributed by atoms with van der Waals surface area (Å²) in [5, 5.41) is 2.80. The Morgan fingerprint density at radius 2 is 1.57 bits per heavy atom. The minimum Gasteiger partial charge on any atom is -0.250 e. The van der Waals surface area contributed by atoms with Gasteiger partial charge in [-0.1, -0.05) is 55.5 Å². The Labute approximate surface area is 135 Å². The SMILES string of the molecule is CC(c1ccccc1)c1ccc2c(c1)o[p+](=O)c1ccccc21. The molecule has 2 unspecified atom stereocenters. The van der Waals surface area contributed by atoms with E-state index >= 15 is 0 Å². The summed E-state index contributed by atoms with van der Waals surface area (Å²) >= 11 is 0. The topological polar surface area (TPSA) is 30.2 Å². The van der Waals surface area contributed by atoms with Crippen LogP contribution in [0.15, 0.2) is 77.0 Å². The van der Waals surface area contributed by atoms with Crippen LogP contribution in [0.4, 0.5) is 0 Å². The average molecular weight is 319 g/mol. The fourth-order valence-corrected chi connectivity index (χ4v) is 4.07. The molecule has 1 heterocycles. The molecular weight excluding hydrogens is 303 g/mol. The van der Waals surface area contributed by atoms with Gasteiger partial charge in [-0.15, -0.1) is 0 Å². The van der Waals surface area contributed by atoms with Crippen LogP contribution in [-0.4, -0.2) is 0 Å². The third-order valence-electron chi connectivity index (χ3n) is 4.38. The van der Waals surface area contributed by atoms with Crippen molar-refractivity contribution in [2.24, 2.45) is 0 Å². The van der Waals surface area contributed by atoms with Crippen molar-refractivity contribution in [3.63, 3.8) is 0 Å². The molecule has 0 radical (unpaired) electrons. The lowest BCUT2D eigenvalue weighted by Crippen LogP contribution is -1.95. The largest absolute Gasteiger partial charge is 0.597 e. The van der Waals surface area contributed by atoms with Gasteiger partial charge in [0.05, 0.1) is 0 Å². The van der Waals surface area contributed by atoms with Crippen molar-refractivity contribution < 1.29 is 8.76 Å². The number of rotatable bonds is 2. The van der Waals surface area contributed by atoms with E-state index in [9.17, 15) is 4.57 Å². The first-order valence-electron chi connectivity index (χ1n) is 7.67. The van der Waals surface area contributed by atoms with Gasteiger partial charge in [-0.3, -0.25) is 0 Å². The smallest absolute Gasteiger partial charge is 0.250 e. The van der Waals surface area contributed by atoms with Crippen molar-refractivity contribution in [3.05, 3.63) is 83.9 Å². The first-order chi connectivity index (χ1) is 11.2. The Morgan fingerprint density at radius 1 is 0.826 bits per heavy atom. The summed E-state index contributed by atoms with van der Waals surface area (Å²) in [5.74, 6) is 0.264. The fraction of sp³-hybridized carbons (Fsp3) is 0.100. The molecule has 0 fully saturated rings. The van der Waals surface area contributed by atoms with Crippen LogP contribution in [0.3, 0.4) is 0 Å². The Balaban J connectivity index is 1.92. The molecule has 0 aliphatic rings. The summed E-state index contributed by atoms with van der Waals surface area (Å²) in [4.78, 5) is 0. The Kier molecular flexibility index (Phi) is 3.48. The van der Waals surface area contributed by atoms with Gasteiger partial charge in [0, 0.05) is 16.7 Å². The zero-order valence-corrected chi connectivity index (χ0v) is 13.7. The third kappa shape index (κ3) is 2.46. The van der Waals surface area contributed by atoms with E-state index in [1.807, 2.05) is 48.5 Å². The van der Waals surface area contributed by atoms with Gasteiger partial charge in [0.1, 0.15) is 0 Å². The minimum atomic E-state index is -1.83. The third-order valence-corrected chi connectivity index (χ3v) is 5.52. The summed E-state index contributed by atoms with van der Waals surface area (Å²) < 4.78 is 18.0. The zero-order chi connectivity index (χ0) is 15.8. The van der Waals surface area contributed by atoms with E-state index in [-0.39, 0.29) is 5.92 Å². The maximum Gasteiger partial charge on any atom is 0.597 e. The second kappa shape index (κ2) is 5.64. The van der Waals surface area contributed by atoms with Crippen LogP contribution in [0.5, 0.6) is 0 Å². The summed E-state index contributed by atoms with van der Waals surface area (Å²) in [6.07, 6.45) is 0. The second-order valence-electron chi connectivity index (χ2n) is 5.75. The van der Waals surface area contributed by atoms with Gasteiger partial charge < -0.3 is 0 Å². The van der Waals surface area contributed by atoms with Crippen LogP contribution in [0, 0.1) is 0 Å². The molecule has 0 aliphatic heterocycles. The van der Waals surface area contributed by atoms with Gasteiger partial charge in [-0.2, -0.15) is 0 Å². The van der Waals surface area contributed by atoms with Crippen LogP contribution >= 0.6 is 7.65 Å². The van der Waals surface area contributed by atoms with Crippen LogP contribution in [-0.2, 0) is 4.57 Å². The maximum atomic E-state index is 12.3. The molecule has 0 aliphatic carbocycles. The molecule has 4 aromatic rings. The predicted molar refractivity (Wildman–Crippen MR) is 95.3 cm³/mol. The lowest BCUT2D eigenvalue weighted by atomic mass is 9.92. The van der Waals surface area contributed by atoms with Gasteiger partial charge in [-0.25, -0.2) is 4.20 Å². The molecule has 0 amide bonds. The molecule has 3 heteroatoms. The Hall–Kier alpha value is -2.44. The summed E-state index contributed by atoms with van der Waals surface area (Å²) in [7, 11) is -1.83. The fourth-order valence-electron chi connectivity index (χ4n) is 3.04. The van der Waals surface area contributed by atoms with Crippen molar-refractivity contribution in [2.45, 2.75) is 12.8 Å². The van der Waals surface area contributed by atoms with E-state index in [1.165, 1.54) is 5.56 Å². The van der Waals surface area contributed by atoms with Crippen molar-refractivity contribution in [2.75, 3.05) is 0 Å². The highest BCUT2D eigenvalue weighted by Gasteiger charge is 2.17. The number of fused-ring (bicyclic) bond motifs is 3. The molecular formula is C20H16O2P+. The normalized spacial score (nSPS) is 13.3. The standard InChI is InChI=1S/C20H16O2P/c1-14(15-7-3-2-4-8-15)16-11-12-17-18-9-5-6-10-20(18)23(21)22-19(17)13-16/h2-14H,1H3/q+1. The molecule has 1 aromatic heterocycles. The minimum absolute atomic E-state index is 0.264. The molecule has 0 saturated heterocycles. The Morgan fingerprint density at radius 3 is 2.39 bits per heavy atom. The Bertz CT molecular complexity index is 1050. The van der Waals surface area contributed by atoms with Crippen molar-refractivity contribution in [1.82, 2.24) is 0 Å². The van der Waals surface area contributed by atoms with Crippen LogP contribution in [0.1, 0.15) is 24.0 Å². The summed E-state index contributed by atoms with van der Waals surface area (Å²) in [5.41, 5.74) is 3.14. The molecule has 0 saturated carbocycles. The molecule has 4 rings (SSSR count). The van der Waals surface area contributed by atoms with E-state index in [2.05, 4.69) is 31.2 Å². The maximum absolute atomic E-state index is 12.3. The molecule has 23 heavy (non-hydrogen) atoms. The first-order valence-corrected chi connectivity index (χ1v) is 8.85. The molecule has 112 valence electrons. The first kappa shape index (κ1) is 14.2. The van der Waals surface area contributed by atoms with E-state index in [4.69, 9.17) is 4.20 Å². The van der Waals surface area contributed by atoms with Crippen molar-refractivity contribution in [3.8, 4) is 0 Å². The summed E-state index contributed by atoms with van der Waals surface area (Å²) in [6.45, 7) is 2.17. The highest BCUT2D eigenvalue weighted by Crippen LogP contribution is 2.36. The molecule has 0 N–H and O–H groups in total. The molecule has 0 bridgehead atoms. The molecule has 0 spiro atoms. The van der Waals surface area contributed by atoms with Crippen LogP contribution in [0.2, 0.25) is 0 Å². The molecule has 3 aromatic carbocycles. The van der Waals surface area contributed by atoms with Gasteiger partial charge in [0.25, 0.3) is 0 Å².